The first-order valence-electron chi connectivity index (χ1n) is 8.88. The summed E-state index contributed by atoms with van der Waals surface area (Å²) in [5, 5.41) is 9.88. The zero-order valence-electron chi connectivity index (χ0n) is 15.4. The predicted molar refractivity (Wildman–Crippen MR) is 105 cm³/mol. The molecule has 2 aromatic heterocycles. The summed E-state index contributed by atoms with van der Waals surface area (Å²) in [5.41, 5.74) is 2.83. The molecule has 1 amide bonds. The number of aryl methyl sites for hydroxylation is 1. The fourth-order valence-electron chi connectivity index (χ4n) is 3.31. The number of nitrogens with zero attached hydrogens (tertiary/aromatic N) is 3. The van der Waals surface area contributed by atoms with Gasteiger partial charge in [-0.25, -0.2) is 9.78 Å². The van der Waals surface area contributed by atoms with E-state index in [2.05, 4.69) is 25.2 Å². The maximum atomic E-state index is 12.5. The van der Waals surface area contributed by atoms with Crippen LogP contribution >= 0.6 is 0 Å². The van der Waals surface area contributed by atoms with E-state index in [1.807, 2.05) is 19.1 Å². The van der Waals surface area contributed by atoms with Gasteiger partial charge in [0.15, 0.2) is 0 Å². The quantitative estimate of drug-likeness (QED) is 0.499. The smallest absolute Gasteiger partial charge is 0.323 e. The van der Waals surface area contributed by atoms with E-state index < -0.39 is 0 Å². The molecule has 1 aliphatic heterocycles. The van der Waals surface area contributed by atoms with E-state index in [-0.39, 0.29) is 24.6 Å². The van der Waals surface area contributed by atoms with Crippen molar-refractivity contribution in [2.45, 2.75) is 26.3 Å². The second-order valence-electron chi connectivity index (χ2n) is 6.44. The Bertz CT molecular complexity index is 1030. The molecule has 1 saturated heterocycles. The number of carbonyl (C=O) groups excluding carboxylic acids is 1. The highest BCUT2D eigenvalue weighted by Gasteiger charge is 2.19. The molecule has 148 valence electrons. The van der Waals surface area contributed by atoms with E-state index in [1.165, 1.54) is 0 Å². The van der Waals surface area contributed by atoms with Crippen LogP contribution in [-0.4, -0.2) is 50.1 Å². The molecule has 0 unspecified atom stereocenters. The largest absolute Gasteiger partial charge is 0.483 e. The molecule has 1 fully saturated rings. The van der Waals surface area contributed by atoms with Crippen LogP contribution in [-0.2, 0) is 16.1 Å². The molecule has 0 atom stereocenters. The van der Waals surface area contributed by atoms with E-state index in [1.54, 1.807) is 17.0 Å². The van der Waals surface area contributed by atoms with Gasteiger partial charge in [-0.05, 0) is 31.9 Å². The number of hydrogen-bond acceptors (Lipinski definition) is 5. The van der Waals surface area contributed by atoms with E-state index in [0.29, 0.717) is 11.2 Å². The van der Waals surface area contributed by atoms with Crippen molar-refractivity contribution in [1.29, 1.82) is 0 Å². The highest BCUT2D eigenvalue weighted by molar-refractivity contribution is 5.98. The summed E-state index contributed by atoms with van der Waals surface area (Å²) in [7, 11) is 0. The van der Waals surface area contributed by atoms with E-state index in [4.69, 9.17) is 9.90 Å². The minimum atomic E-state index is -0.250. The zero-order chi connectivity index (χ0) is 20.1. The van der Waals surface area contributed by atoms with Crippen LogP contribution in [0.3, 0.4) is 0 Å². The van der Waals surface area contributed by atoms with Crippen LogP contribution in [0.2, 0.25) is 0 Å². The number of amides is 1. The van der Waals surface area contributed by atoms with Gasteiger partial charge in [-0.1, -0.05) is 0 Å². The predicted octanol–water partition coefficient (Wildman–Crippen LogP) is 1.30. The molecule has 1 aromatic carbocycles. The number of carbonyl (C=O) groups is 2. The molecule has 0 bridgehead atoms. The number of anilines is 2. The maximum Gasteiger partial charge on any atom is 0.323 e. The van der Waals surface area contributed by atoms with E-state index in [0.717, 1.165) is 43.0 Å². The SMILES string of the molecule is Cc1nccn1CC(=O)Nc1cc2[nH]c(=O)[nH]c2cc1N1CCCC1.O=CO. The molecule has 0 spiro atoms. The molecule has 1 aliphatic rings. The van der Waals surface area contributed by atoms with Gasteiger partial charge in [0.05, 0.1) is 22.4 Å². The highest BCUT2D eigenvalue weighted by atomic mass is 16.3. The molecule has 3 aromatic rings. The molecule has 4 N–H and O–H groups in total. The van der Waals surface area contributed by atoms with Gasteiger partial charge in [-0.15, -0.1) is 0 Å². The van der Waals surface area contributed by atoms with Crippen molar-refractivity contribution in [3.63, 3.8) is 0 Å². The summed E-state index contributed by atoms with van der Waals surface area (Å²) in [6.07, 6.45) is 5.71. The van der Waals surface area contributed by atoms with Crippen molar-refractivity contribution in [1.82, 2.24) is 19.5 Å². The normalized spacial score (nSPS) is 13.2. The molecule has 4 rings (SSSR count). The third-order valence-corrected chi connectivity index (χ3v) is 4.59. The molecular formula is C18H22N6O4. The van der Waals surface area contributed by atoms with Gasteiger partial charge in [-0.2, -0.15) is 0 Å². The second-order valence-corrected chi connectivity index (χ2v) is 6.44. The van der Waals surface area contributed by atoms with Gasteiger partial charge in [0, 0.05) is 25.5 Å². The Morgan fingerprint density at radius 2 is 1.93 bits per heavy atom. The number of nitrogens with one attached hydrogen (secondary N) is 3. The first-order valence-corrected chi connectivity index (χ1v) is 8.88. The van der Waals surface area contributed by atoms with Crippen LogP contribution in [0.25, 0.3) is 11.0 Å². The zero-order valence-corrected chi connectivity index (χ0v) is 15.4. The monoisotopic (exact) mass is 386 g/mol. The van der Waals surface area contributed by atoms with Gasteiger partial charge >= 0.3 is 5.69 Å². The molecule has 0 saturated carbocycles. The lowest BCUT2D eigenvalue weighted by molar-refractivity contribution is -0.123. The van der Waals surface area contributed by atoms with Crippen LogP contribution < -0.4 is 15.9 Å². The van der Waals surface area contributed by atoms with Crippen molar-refractivity contribution < 1.29 is 14.7 Å². The van der Waals surface area contributed by atoms with Crippen LogP contribution in [0.5, 0.6) is 0 Å². The number of fused-ring (bicyclic) bond motifs is 1. The average molecular weight is 386 g/mol. The minimum absolute atomic E-state index is 0.126. The summed E-state index contributed by atoms with van der Waals surface area (Å²) in [6.45, 7) is 3.71. The molecule has 10 heteroatoms. The van der Waals surface area contributed by atoms with Crippen LogP contribution in [0.4, 0.5) is 11.4 Å². The molecule has 3 heterocycles. The molecule has 0 aliphatic carbocycles. The molecule has 0 radical (unpaired) electrons. The van der Waals surface area contributed by atoms with Crippen molar-refractivity contribution in [3.05, 3.63) is 40.8 Å². The standard InChI is InChI=1S/C17H20N6O2.CH2O2/c1-11-18-4-7-23(11)10-16(24)19-14-8-12-13(21-17(25)20-12)9-15(14)22-5-2-3-6-22;2-1-3/h4,7-9H,2-3,5-6,10H2,1H3,(H,19,24)(H2,20,21,25);1H,(H,2,3). The van der Waals surface area contributed by atoms with Gasteiger partial charge in [0.25, 0.3) is 6.47 Å². The first kappa shape index (κ1) is 19.2. The Morgan fingerprint density at radius 3 is 2.54 bits per heavy atom. The number of rotatable bonds is 4. The summed E-state index contributed by atoms with van der Waals surface area (Å²) in [4.78, 5) is 44.3. The van der Waals surface area contributed by atoms with Gasteiger partial charge in [-0.3, -0.25) is 9.59 Å². The second kappa shape index (κ2) is 8.42. The number of carboxylic acid groups (broad SMARTS) is 1. The lowest BCUT2D eigenvalue weighted by Crippen LogP contribution is -2.23. The Morgan fingerprint density at radius 1 is 1.29 bits per heavy atom. The molecule has 10 nitrogen and oxygen atoms in total. The Hall–Kier alpha value is -3.56. The Balaban J connectivity index is 0.000000706. The minimum Gasteiger partial charge on any atom is -0.483 e. The van der Waals surface area contributed by atoms with Crippen LogP contribution in [0.1, 0.15) is 18.7 Å². The number of benzene rings is 1. The maximum absolute atomic E-state index is 12.5. The van der Waals surface area contributed by atoms with Crippen molar-refractivity contribution in [2.24, 2.45) is 0 Å². The van der Waals surface area contributed by atoms with Crippen molar-refractivity contribution in [2.75, 3.05) is 23.3 Å². The van der Waals surface area contributed by atoms with Gasteiger partial charge in [0.2, 0.25) is 5.91 Å². The van der Waals surface area contributed by atoms with Crippen LogP contribution in [0.15, 0.2) is 29.3 Å². The van der Waals surface area contributed by atoms with E-state index >= 15 is 0 Å². The number of hydrogen-bond donors (Lipinski definition) is 4. The number of imidazole rings is 2. The fraction of sp³-hybridized carbons (Fsp3) is 0.333. The Labute approximate surface area is 160 Å². The summed E-state index contributed by atoms with van der Waals surface area (Å²) < 4.78 is 1.79. The number of aromatic nitrogens is 4. The summed E-state index contributed by atoms with van der Waals surface area (Å²) in [5.74, 6) is 0.666. The topological polar surface area (TPSA) is 136 Å². The van der Waals surface area contributed by atoms with Crippen LogP contribution in [0, 0.1) is 6.92 Å². The first-order chi connectivity index (χ1) is 13.5. The molecular weight excluding hydrogens is 364 g/mol. The van der Waals surface area contributed by atoms with Crippen molar-refractivity contribution in [3.8, 4) is 0 Å². The van der Waals surface area contributed by atoms with E-state index in [9.17, 15) is 9.59 Å². The van der Waals surface area contributed by atoms with Gasteiger partial charge in [0.1, 0.15) is 12.4 Å². The fourth-order valence-corrected chi connectivity index (χ4v) is 3.31. The van der Waals surface area contributed by atoms with Gasteiger partial charge < -0.3 is 29.9 Å². The highest BCUT2D eigenvalue weighted by Crippen LogP contribution is 2.32. The number of aromatic amines is 2. The Kier molecular flexibility index (Phi) is 5.78. The molecule has 28 heavy (non-hydrogen) atoms. The summed E-state index contributed by atoms with van der Waals surface area (Å²) >= 11 is 0. The van der Waals surface area contributed by atoms with Crippen molar-refractivity contribution >= 4 is 34.8 Å². The summed E-state index contributed by atoms with van der Waals surface area (Å²) in [6, 6.07) is 3.75. The number of H-pyrrole nitrogens is 2. The lowest BCUT2D eigenvalue weighted by Gasteiger charge is -2.22. The average Bonchev–Trinajstić information content (AvgIpc) is 3.36. The lowest BCUT2D eigenvalue weighted by atomic mass is 10.2. The third kappa shape index (κ3) is 4.22. The third-order valence-electron chi connectivity index (χ3n) is 4.59.